The fourth-order valence-corrected chi connectivity index (χ4v) is 2.32. The van der Waals surface area contributed by atoms with E-state index in [1.807, 2.05) is 32.0 Å². The van der Waals surface area contributed by atoms with Gasteiger partial charge < -0.3 is 15.5 Å². The van der Waals surface area contributed by atoms with Crippen LogP contribution in [0.3, 0.4) is 0 Å². The molecule has 1 heterocycles. The van der Waals surface area contributed by atoms with E-state index in [1.165, 1.54) is 0 Å². The van der Waals surface area contributed by atoms with Crippen molar-refractivity contribution in [1.82, 2.24) is 5.32 Å². The molecular weight excluding hydrogens is 242 g/mol. The predicted octanol–water partition coefficient (Wildman–Crippen LogP) is 2.13. The summed E-state index contributed by atoms with van der Waals surface area (Å²) in [6.07, 6.45) is 1.26. The second kappa shape index (κ2) is 5.73. The summed E-state index contributed by atoms with van der Waals surface area (Å²) in [7, 11) is 0. The number of amides is 3. The lowest BCUT2D eigenvalue weighted by atomic mass is 10.0. The highest BCUT2D eigenvalue weighted by atomic mass is 16.2. The number of fused-ring (bicyclic) bond motifs is 1. The minimum atomic E-state index is -0.207. The van der Waals surface area contributed by atoms with Crippen molar-refractivity contribution in [3.05, 3.63) is 23.8 Å². The van der Waals surface area contributed by atoms with Gasteiger partial charge in [0.1, 0.15) is 0 Å². The summed E-state index contributed by atoms with van der Waals surface area (Å²) in [5, 5.41) is 5.47. The van der Waals surface area contributed by atoms with E-state index in [2.05, 4.69) is 10.6 Å². The molecule has 1 aliphatic heterocycles. The maximum absolute atomic E-state index is 11.8. The SMILES string of the molecule is CCNC(=O)Nc1ccc2c(c1)CCC(=O)N2CC. The molecule has 5 nitrogen and oxygen atoms in total. The third-order valence-electron chi connectivity index (χ3n) is 3.19. The van der Waals surface area contributed by atoms with Crippen LogP contribution in [-0.4, -0.2) is 25.0 Å². The van der Waals surface area contributed by atoms with Crippen LogP contribution < -0.4 is 15.5 Å². The van der Waals surface area contributed by atoms with E-state index in [0.29, 0.717) is 19.5 Å². The number of benzene rings is 1. The fourth-order valence-electron chi connectivity index (χ4n) is 2.32. The molecule has 2 rings (SSSR count). The van der Waals surface area contributed by atoms with Crippen molar-refractivity contribution in [3.8, 4) is 0 Å². The van der Waals surface area contributed by atoms with E-state index < -0.39 is 0 Å². The van der Waals surface area contributed by atoms with Crippen molar-refractivity contribution >= 4 is 23.3 Å². The average Bonchev–Trinajstić information content (AvgIpc) is 2.39. The number of nitrogens with one attached hydrogen (secondary N) is 2. The van der Waals surface area contributed by atoms with Gasteiger partial charge in [0.2, 0.25) is 5.91 Å². The lowest BCUT2D eigenvalue weighted by molar-refractivity contribution is -0.118. The third-order valence-corrected chi connectivity index (χ3v) is 3.19. The Kier molecular flexibility index (Phi) is 4.04. The Morgan fingerprint density at radius 2 is 2.11 bits per heavy atom. The summed E-state index contributed by atoms with van der Waals surface area (Å²) < 4.78 is 0. The standard InChI is InChI=1S/C14H19N3O2/c1-3-15-14(19)16-11-6-7-12-10(9-11)5-8-13(18)17(12)4-2/h6-7,9H,3-5,8H2,1-2H3,(H2,15,16,19). The molecule has 0 saturated heterocycles. The number of rotatable bonds is 3. The van der Waals surface area contributed by atoms with Crippen LogP contribution in [-0.2, 0) is 11.2 Å². The highest BCUT2D eigenvalue weighted by molar-refractivity contribution is 5.97. The summed E-state index contributed by atoms with van der Waals surface area (Å²) in [5.41, 5.74) is 2.83. The molecule has 1 aromatic carbocycles. The molecule has 0 saturated carbocycles. The van der Waals surface area contributed by atoms with Gasteiger partial charge in [0, 0.05) is 30.9 Å². The van der Waals surface area contributed by atoms with E-state index in [-0.39, 0.29) is 11.9 Å². The number of carbonyl (C=O) groups is 2. The van der Waals surface area contributed by atoms with Crippen LogP contribution >= 0.6 is 0 Å². The second-order valence-corrected chi connectivity index (χ2v) is 4.47. The van der Waals surface area contributed by atoms with Crippen molar-refractivity contribution in [1.29, 1.82) is 0 Å². The Bertz CT molecular complexity index is 499. The number of anilines is 2. The maximum atomic E-state index is 11.8. The maximum Gasteiger partial charge on any atom is 0.319 e. The van der Waals surface area contributed by atoms with Gasteiger partial charge in [-0.25, -0.2) is 4.79 Å². The van der Waals surface area contributed by atoms with E-state index in [4.69, 9.17) is 0 Å². The van der Waals surface area contributed by atoms with Gasteiger partial charge in [-0.05, 0) is 44.0 Å². The predicted molar refractivity (Wildman–Crippen MR) is 75.5 cm³/mol. The lowest BCUT2D eigenvalue weighted by Gasteiger charge is -2.28. The van der Waals surface area contributed by atoms with Crippen LogP contribution in [0, 0.1) is 0 Å². The normalized spacial score (nSPS) is 14.0. The Morgan fingerprint density at radius 1 is 1.32 bits per heavy atom. The molecule has 19 heavy (non-hydrogen) atoms. The Labute approximate surface area is 113 Å². The van der Waals surface area contributed by atoms with E-state index in [9.17, 15) is 9.59 Å². The summed E-state index contributed by atoms with van der Waals surface area (Å²) in [6, 6.07) is 5.47. The first-order chi connectivity index (χ1) is 9.15. The van der Waals surface area contributed by atoms with E-state index in [0.717, 1.165) is 23.4 Å². The lowest BCUT2D eigenvalue weighted by Crippen LogP contribution is -2.35. The van der Waals surface area contributed by atoms with Crippen LogP contribution in [0.5, 0.6) is 0 Å². The van der Waals surface area contributed by atoms with E-state index >= 15 is 0 Å². The molecule has 1 aliphatic rings. The van der Waals surface area contributed by atoms with Crippen LogP contribution in [0.25, 0.3) is 0 Å². The molecule has 0 bridgehead atoms. The van der Waals surface area contributed by atoms with Crippen molar-refractivity contribution in [2.24, 2.45) is 0 Å². The van der Waals surface area contributed by atoms with Gasteiger partial charge in [-0.2, -0.15) is 0 Å². The highest BCUT2D eigenvalue weighted by Gasteiger charge is 2.22. The first-order valence-electron chi connectivity index (χ1n) is 6.63. The van der Waals surface area contributed by atoms with Crippen LogP contribution in [0.4, 0.5) is 16.2 Å². The minimum absolute atomic E-state index is 0.166. The molecule has 1 aromatic rings. The molecule has 0 atom stereocenters. The van der Waals surface area contributed by atoms with Gasteiger partial charge in [0.25, 0.3) is 0 Å². The van der Waals surface area contributed by atoms with Crippen molar-refractivity contribution in [2.45, 2.75) is 26.7 Å². The molecule has 0 radical (unpaired) electrons. The molecule has 0 spiro atoms. The Morgan fingerprint density at radius 3 is 2.79 bits per heavy atom. The van der Waals surface area contributed by atoms with Gasteiger partial charge in [-0.15, -0.1) is 0 Å². The van der Waals surface area contributed by atoms with Gasteiger partial charge in [-0.1, -0.05) is 0 Å². The fraction of sp³-hybridized carbons (Fsp3) is 0.429. The first kappa shape index (κ1) is 13.4. The quantitative estimate of drug-likeness (QED) is 0.875. The van der Waals surface area contributed by atoms with Crippen molar-refractivity contribution in [3.63, 3.8) is 0 Å². The Balaban J connectivity index is 2.20. The average molecular weight is 261 g/mol. The summed E-state index contributed by atoms with van der Waals surface area (Å²) in [4.78, 5) is 25.0. The molecule has 2 N–H and O–H groups in total. The van der Waals surface area contributed by atoms with Gasteiger partial charge in [0.15, 0.2) is 0 Å². The molecule has 5 heteroatoms. The Hall–Kier alpha value is -2.04. The van der Waals surface area contributed by atoms with Gasteiger partial charge in [-0.3, -0.25) is 4.79 Å². The van der Waals surface area contributed by atoms with Gasteiger partial charge in [0.05, 0.1) is 0 Å². The summed E-state index contributed by atoms with van der Waals surface area (Å²) >= 11 is 0. The van der Waals surface area contributed by atoms with Crippen LogP contribution in [0.15, 0.2) is 18.2 Å². The van der Waals surface area contributed by atoms with Crippen LogP contribution in [0.2, 0.25) is 0 Å². The largest absolute Gasteiger partial charge is 0.338 e. The molecule has 0 fully saturated rings. The smallest absolute Gasteiger partial charge is 0.319 e. The molecule has 3 amide bonds. The molecule has 0 aliphatic carbocycles. The summed E-state index contributed by atoms with van der Waals surface area (Å²) in [6.45, 7) is 5.11. The number of carbonyl (C=O) groups excluding carboxylic acids is 2. The number of hydrogen-bond donors (Lipinski definition) is 2. The second-order valence-electron chi connectivity index (χ2n) is 4.47. The molecule has 102 valence electrons. The van der Waals surface area contributed by atoms with Crippen LogP contribution in [0.1, 0.15) is 25.8 Å². The van der Waals surface area contributed by atoms with Crippen molar-refractivity contribution < 1.29 is 9.59 Å². The molecular formula is C14H19N3O2. The van der Waals surface area contributed by atoms with Gasteiger partial charge >= 0.3 is 6.03 Å². The number of urea groups is 1. The number of aryl methyl sites for hydroxylation is 1. The topological polar surface area (TPSA) is 61.4 Å². The number of nitrogens with zero attached hydrogens (tertiary/aromatic N) is 1. The minimum Gasteiger partial charge on any atom is -0.338 e. The monoisotopic (exact) mass is 261 g/mol. The molecule has 0 aromatic heterocycles. The zero-order chi connectivity index (χ0) is 13.8. The van der Waals surface area contributed by atoms with Crippen molar-refractivity contribution in [2.75, 3.05) is 23.3 Å². The first-order valence-corrected chi connectivity index (χ1v) is 6.63. The molecule has 0 unspecified atom stereocenters. The van der Waals surface area contributed by atoms with E-state index in [1.54, 1.807) is 4.90 Å². The zero-order valence-corrected chi connectivity index (χ0v) is 11.3. The summed E-state index contributed by atoms with van der Waals surface area (Å²) in [5.74, 6) is 0.166. The third kappa shape index (κ3) is 2.86. The zero-order valence-electron chi connectivity index (χ0n) is 11.3. The highest BCUT2D eigenvalue weighted by Crippen LogP contribution is 2.30. The number of hydrogen-bond acceptors (Lipinski definition) is 2.